The topological polar surface area (TPSA) is 60.0 Å². The number of amides is 1. The number of ether oxygens (including phenoxy) is 3. The molecular formula is C22H29ClN2O4. The Labute approximate surface area is 178 Å². The summed E-state index contributed by atoms with van der Waals surface area (Å²) in [5.41, 5.74) is 1.59. The third-order valence-corrected chi connectivity index (χ3v) is 5.01. The highest BCUT2D eigenvalue weighted by molar-refractivity contribution is 5.96. The molecule has 158 valence electrons. The summed E-state index contributed by atoms with van der Waals surface area (Å²) in [6.07, 6.45) is 2.03. The van der Waals surface area contributed by atoms with E-state index in [9.17, 15) is 4.79 Å². The number of benzene rings is 2. The summed E-state index contributed by atoms with van der Waals surface area (Å²) in [5, 5.41) is 3.17. The van der Waals surface area contributed by atoms with Crippen molar-refractivity contribution in [3.05, 3.63) is 53.6 Å². The Morgan fingerprint density at radius 1 is 1.14 bits per heavy atom. The molecule has 1 aliphatic heterocycles. The molecule has 0 radical (unpaired) electrons. The fourth-order valence-electron chi connectivity index (χ4n) is 3.59. The molecule has 0 aliphatic carbocycles. The van der Waals surface area contributed by atoms with Crippen molar-refractivity contribution in [2.45, 2.75) is 25.5 Å². The van der Waals surface area contributed by atoms with Gasteiger partial charge in [0.05, 0.1) is 14.2 Å². The third kappa shape index (κ3) is 5.34. The molecule has 1 amide bonds. The second-order valence-electron chi connectivity index (χ2n) is 6.84. The van der Waals surface area contributed by atoms with Crippen molar-refractivity contribution in [2.24, 2.45) is 0 Å². The second-order valence-corrected chi connectivity index (χ2v) is 6.84. The molecule has 7 heteroatoms. The van der Waals surface area contributed by atoms with Gasteiger partial charge in [0.15, 0.2) is 11.5 Å². The number of halogens is 1. The van der Waals surface area contributed by atoms with Crippen molar-refractivity contribution >= 4 is 18.3 Å². The van der Waals surface area contributed by atoms with Crippen LogP contribution in [0.4, 0.5) is 0 Å². The van der Waals surface area contributed by atoms with Gasteiger partial charge in [-0.2, -0.15) is 0 Å². The molecule has 0 aromatic heterocycles. The molecule has 1 heterocycles. The van der Waals surface area contributed by atoms with Crippen LogP contribution in [0.15, 0.2) is 42.5 Å². The number of hydrogen-bond acceptors (Lipinski definition) is 5. The first-order valence-corrected chi connectivity index (χ1v) is 9.56. The van der Waals surface area contributed by atoms with E-state index in [1.165, 1.54) is 0 Å². The Morgan fingerprint density at radius 3 is 2.38 bits per heavy atom. The third-order valence-electron chi connectivity index (χ3n) is 5.01. The van der Waals surface area contributed by atoms with E-state index in [0.717, 1.165) is 31.5 Å². The van der Waals surface area contributed by atoms with Crippen LogP contribution < -0.4 is 19.5 Å². The lowest BCUT2D eigenvalue weighted by atomic mass is 10.1. The van der Waals surface area contributed by atoms with E-state index in [4.69, 9.17) is 14.2 Å². The summed E-state index contributed by atoms with van der Waals surface area (Å²) < 4.78 is 17.0. The zero-order valence-electron chi connectivity index (χ0n) is 17.1. The summed E-state index contributed by atoms with van der Waals surface area (Å²) in [7, 11) is 5.04. The summed E-state index contributed by atoms with van der Waals surface area (Å²) in [6, 6.07) is 13.6. The van der Waals surface area contributed by atoms with Crippen molar-refractivity contribution in [3.8, 4) is 17.2 Å². The lowest BCUT2D eigenvalue weighted by Crippen LogP contribution is -2.40. The van der Waals surface area contributed by atoms with Crippen LogP contribution in [0.3, 0.4) is 0 Å². The number of likely N-dealkylation sites (N-methyl/N-ethyl adjacent to an activating group) is 1. The highest BCUT2D eigenvalue weighted by Crippen LogP contribution is 2.39. The van der Waals surface area contributed by atoms with Gasteiger partial charge in [-0.25, -0.2) is 0 Å². The Balaban J connectivity index is 0.00000300. The Morgan fingerprint density at radius 2 is 1.79 bits per heavy atom. The number of carbonyl (C=O) groups is 1. The van der Waals surface area contributed by atoms with Gasteiger partial charge in [0.2, 0.25) is 5.75 Å². The summed E-state index contributed by atoms with van der Waals surface area (Å²) in [4.78, 5) is 15.0. The minimum atomic E-state index is -0.0102. The number of nitrogens with zero attached hydrogens (tertiary/aromatic N) is 1. The zero-order valence-corrected chi connectivity index (χ0v) is 18.0. The number of rotatable bonds is 8. The van der Waals surface area contributed by atoms with Crippen molar-refractivity contribution in [1.82, 2.24) is 10.2 Å². The molecule has 1 saturated heterocycles. The standard InChI is InChI=1S/C22H28N2O4.ClH/c1-23-14-18-10-7-11-24(18)22(25)17-12-19(26-2)21(20(13-17)27-3)28-15-16-8-5-4-6-9-16;/h4-6,8-9,12-13,18,23H,7,10-11,14-15H2,1-3H3;1H. The average Bonchev–Trinajstić information content (AvgIpc) is 3.20. The van der Waals surface area contributed by atoms with Crippen LogP contribution in [-0.2, 0) is 6.61 Å². The molecule has 3 rings (SSSR count). The average molecular weight is 421 g/mol. The van der Waals surface area contributed by atoms with Crippen LogP contribution in [0, 0.1) is 0 Å². The quantitative estimate of drug-likeness (QED) is 0.708. The van der Waals surface area contributed by atoms with E-state index >= 15 is 0 Å². The van der Waals surface area contributed by atoms with Crippen LogP contribution in [0.25, 0.3) is 0 Å². The molecule has 2 aromatic carbocycles. The minimum Gasteiger partial charge on any atom is -0.493 e. The molecular weight excluding hydrogens is 392 g/mol. The van der Waals surface area contributed by atoms with Crippen LogP contribution in [0.1, 0.15) is 28.8 Å². The predicted molar refractivity (Wildman–Crippen MR) is 116 cm³/mol. The van der Waals surface area contributed by atoms with Gasteiger partial charge < -0.3 is 24.4 Å². The van der Waals surface area contributed by atoms with Gasteiger partial charge in [0, 0.05) is 24.7 Å². The molecule has 1 atom stereocenters. The molecule has 2 aromatic rings. The SMILES string of the molecule is CNCC1CCCN1C(=O)c1cc(OC)c(OCc2ccccc2)c(OC)c1.Cl. The molecule has 1 unspecified atom stereocenters. The van der Waals surface area contributed by atoms with Crippen LogP contribution >= 0.6 is 12.4 Å². The molecule has 6 nitrogen and oxygen atoms in total. The molecule has 1 fully saturated rings. The molecule has 0 bridgehead atoms. The lowest BCUT2D eigenvalue weighted by molar-refractivity contribution is 0.0736. The number of likely N-dealkylation sites (tertiary alicyclic amines) is 1. The van der Waals surface area contributed by atoms with Crippen LogP contribution in [0.5, 0.6) is 17.2 Å². The first kappa shape index (κ1) is 22.8. The van der Waals surface area contributed by atoms with E-state index in [0.29, 0.717) is 29.4 Å². The first-order valence-electron chi connectivity index (χ1n) is 9.56. The van der Waals surface area contributed by atoms with Gasteiger partial charge in [-0.3, -0.25) is 4.79 Å². The highest BCUT2D eigenvalue weighted by atomic mass is 35.5. The number of methoxy groups -OCH3 is 2. The van der Waals surface area contributed by atoms with E-state index in [2.05, 4.69) is 5.32 Å². The fraction of sp³-hybridized carbons (Fsp3) is 0.409. The van der Waals surface area contributed by atoms with Crippen molar-refractivity contribution in [2.75, 3.05) is 34.4 Å². The van der Waals surface area contributed by atoms with Crippen molar-refractivity contribution in [3.63, 3.8) is 0 Å². The monoisotopic (exact) mass is 420 g/mol. The first-order chi connectivity index (χ1) is 13.7. The number of hydrogen-bond donors (Lipinski definition) is 1. The van der Waals surface area contributed by atoms with Gasteiger partial charge in [0.1, 0.15) is 6.61 Å². The van der Waals surface area contributed by atoms with E-state index in [-0.39, 0.29) is 24.4 Å². The maximum Gasteiger partial charge on any atom is 0.254 e. The number of nitrogens with one attached hydrogen (secondary N) is 1. The molecule has 1 aliphatic rings. The van der Waals surface area contributed by atoms with Gasteiger partial charge in [0.25, 0.3) is 5.91 Å². The summed E-state index contributed by atoms with van der Waals surface area (Å²) in [6.45, 7) is 1.94. The molecule has 29 heavy (non-hydrogen) atoms. The molecule has 0 spiro atoms. The van der Waals surface area contributed by atoms with Crippen molar-refractivity contribution < 1.29 is 19.0 Å². The smallest absolute Gasteiger partial charge is 0.254 e. The predicted octanol–water partition coefficient (Wildman–Crippen LogP) is 3.53. The van der Waals surface area contributed by atoms with E-state index in [1.807, 2.05) is 42.3 Å². The Hall–Kier alpha value is -2.44. The van der Waals surface area contributed by atoms with Gasteiger partial charge >= 0.3 is 0 Å². The van der Waals surface area contributed by atoms with Gasteiger partial charge in [-0.15, -0.1) is 12.4 Å². The largest absolute Gasteiger partial charge is 0.493 e. The summed E-state index contributed by atoms with van der Waals surface area (Å²) in [5.74, 6) is 1.47. The van der Waals surface area contributed by atoms with Crippen LogP contribution in [0.2, 0.25) is 0 Å². The Bertz CT molecular complexity index is 776. The molecule has 0 saturated carbocycles. The molecule has 1 N–H and O–H groups in total. The maximum atomic E-state index is 13.1. The second kappa shape index (κ2) is 10.9. The Kier molecular flexibility index (Phi) is 8.61. The fourth-order valence-corrected chi connectivity index (χ4v) is 3.59. The van der Waals surface area contributed by atoms with Gasteiger partial charge in [-0.05, 0) is 37.6 Å². The van der Waals surface area contributed by atoms with Gasteiger partial charge in [-0.1, -0.05) is 30.3 Å². The highest BCUT2D eigenvalue weighted by Gasteiger charge is 2.30. The summed E-state index contributed by atoms with van der Waals surface area (Å²) >= 11 is 0. The van der Waals surface area contributed by atoms with Crippen molar-refractivity contribution in [1.29, 1.82) is 0 Å². The van der Waals surface area contributed by atoms with Crippen LogP contribution in [-0.4, -0.2) is 51.2 Å². The minimum absolute atomic E-state index is 0. The van der Waals surface area contributed by atoms with E-state index < -0.39 is 0 Å². The number of carbonyl (C=O) groups excluding carboxylic acids is 1. The zero-order chi connectivity index (χ0) is 19.9. The maximum absolute atomic E-state index is 13.1. The van der Waals surface area contributed by atoms with E-state index in [1.54, 1.807) is 26.4 Å². The normalized spacial score (nSPS) is 15.6. The lowest BCUT2D eigenvalue weighted by Gasteiger charge is -2.25.